The maximum atomic E-state index is 14.4. The molecule has 5 rings (SSSR count). The number of para-hydroxylation sites is 1. The highest BCUT2D eigenvalue weighted by Crippen LogP contribution is 2.31. The van der Waals surface area contributed by atoms with E-state index in [0.29, 0.717) is 6.54 Å². The number of ether oxygens (including phenoxy) is 1. The SMILES string of the molecule is O=C(O[C@H]1CN2CCC1CC2)N(Cc1cc(F)c(F)c(F)c1)c1ccccc1F. The van der Waals surface area contributed by atoms with Crippen molar-refractivity contribution in [2.45, 2.75) is 25.5 Å². The highest BCUT2D eigenvalue weighted by atomic mass is 19.2. The van der Waals surface area contributed by atoms with Gasteiger partial charge in [-0.25, -0.2) is 22.4 Å². The maximum absolute atomic E-state index is 14.4. The Hall–Kier alpha value is -2.61. The van der Waals surface area contributed by atoms with Crippen molar-refractivity contribution in [1.82, 2.24) is 4.90 Å². The summed E-state index contributed by atoms with van der Waals surface area (Å²) in [7, 11) is 0. The van der Waals surface area contributed by atoms with Crippen molar-refractivity contribution < 1.29 is 27.1 Å². The molecule has 0 N–H and O–H groups in total. The summed E-state index contributed by atoms with van der Waals surface area (Å²) in [6.45, 7) is 2.17. The minimum Gasteiger partial charge on any atom is -0.444 e. The second-order valence-electron chi connectivity index (χ2n) is 7.47. The summed E-state index contributed by atoms with van der Waals surface area (Å²) < 4.78 is 60.6. The smallest absolute Gasteiger partial charge is 0.415 e. The van der Waals surface area contributed by atoms with Crippen LogP contribution in [-0.2, 0) is 11.3 Å². The molecule has 29 heavy (non-hydrogen) atoms. The van der Waals surface area contributed by atoms with E-state index in [1.165, 1.54) is 18.2 Å². The van der Waals surface area contributed by atoms with Gasteiger partial charge in [0.25, 0.3) is 0 Å². The molecule has 3 aliphatic rings. The van der Waals surface area contributed by atoms with Crippen LogP contribution in [0.2, 0.25) is 0 Å². The summed E-state index contributed by atoms with van der Waals surface area (Å²) in [6.07, 6.45) is 0.720. The summed E-state index contributed by atoms with van der Waals surface area (Å²) >= 11 is 0. The number of hydrogen-bond donors (Lipinski definition) is 0. The van der Waals surface area contributed by atoms with Crippen LogP contribution in [0.4, 0.5) is 28.0 Å². The number of anilines is 1. The average molecular weight is 408 g/mol. The summed E-state index contributed by atoms with van der Waals surface area (Å²) in [6, 6.07) is 7.13. The molecule has 0 radical (unpaired) electrons. The van der Waals surface area contributed by atoms with Gasteiger partial charge < -0.3 is 4.74 Å². The van der Waals surface area contributed by atoms with Gasteiger partial charge in [-0.05, 0) is 61.7 Å². The Bertz CT molecular complexity index is 892. The second kappa shape index (κ2) is 8.02. The molecule has 0 saturated carbocycles. The van der Waals surface area contributed by atoms with Gasteiger partial charge in [-0.3, -0.25) is 9.80 Å². The van der Waals surface area contributed by atoms with Gasteiger partial charge in [0.1, 0.15) is 11.9 Å². The first-order valence-electron chi connectivity index (χ1n) is 9.51. The zero-order chi connectivity index (χ0) is 20.5. The first kappa shape index (κ1) is 19.7. The lowest BCUT2D eigenvalue weighted by Gasteiger charge is -2.44. The molecule has 8 heteroatoms. The first-order chi connectivity index (χ1) is 13.9. The molecule has 3 fully saturated rings. The Kier molecular flexibility index (Phi) is 5.45. The van der Waals surface area contributed by atoms with E-state index in [4.69, 9.17) is 4.74 Å². The fourth-order valence-corrected chi connectivity index (χ4v) is 4.04. The van der Waals surface area contributed by atoms with Crippen LogP contribution < -0.4 is 4.90 Å². The summed E-state index contributed by atoms with van der Waals surface area (Å²) in [4.78, 5) is 16.1. The topological polar surface area (TPSA) is 32.8 Å². The molecule has 0 unspecified atom stereocenters. The molecule has 1 atom stereocenters. The minimum atomic E-state index is -1.60. The van der Waals surface area contributed by atoms with Crippen molar-refractivity contribution in [2.24, 2.45) is 5.92 Å². The summed E-state index contributed by atoms with van der Waals surface area (Å²) in [5.41, 5.74) is -0.0977. The molecule has 0 aliphatic carbocycles. The van der Waals surface area contributed by atoms with Crippen molar-refractivity contribution in [1.29, 1.82) is 0 Å². The van der Waals surface area contributed by atoms with Crippen LogP contribution in [0.1, 0.15) is 18.4 Å². The van der Waals surface area contributed by atoms with Crippen LogP contribution in [0.15, 0.2) is 36.4 Å². The standard InChI is InChI=1S/C21H20F4N2O2/c22-15-3-1-2-4-18(15)27(11-13-9-16(23)20(25)17(24)10-13)21(28)29-19-12-26-7-5-14(19)6-8-26/h1-4,9-10,14,19H,5-8,11-12H2/t19-/m0/s1. The van der Waals surface area contributed by atoms with E-state index < -0.39 is 29.4 Å². The number of halogens is 4. The van der Waals surface area contributed by atoms with Crippen LogP contribution in [0.5, 0.6) is 0 Å². The number of carbonyl (C=O) groups is 1. The van der Waals surface area contributed by atoms with Crippen LogP contribution in [0.25, 0.3) is 0 Å². The molecule has 3 heterocycles. The van der Waals surface area contributed by atoms with Gasteiger partial charge in [0.2, 0.25) is 0 Å². The molecule has 0 aromatic heterocycles. The molecule has 154 valence electrons. The predicted molar refractivity (Wildman–Crippen MR) is 98.3 cm³/mol. The van der Waals surface area contributed by atoms with Gasteiger partial charge in [0.05, 0.1) is 12.2 Å². The fourth-order valence-electron chi connectivity index (χ4n) is 4.04. The van der Waals surface area contributed by atoms with E-state index >= 15 is 0 Å². The number of carbonyl (C=O) groups excluding carboxylic acids is 1. The third-order valence-electron chi connectivity index (χ3n) is 5.60. The number of nitrogens with zero attached hydrogens (tertiary/aromatic N) is 2. The summed E-state index contributed by atoms with van der Waals surface area (Å²) in [5, 5.41) is 0. The Balaban J connectivity index is 1.60. The molecular formula is C21H20F4N2O2. The Morgan fingerprint density at radius 2 is 1.69 bits per heavy atom. The molecular weight excluding hydrogens is 388 g/mol. The first-order valence-corrected chi connectivity index (χ1v) is 9.51. The molecule has 2 aromatic carbocycles. The molecule has 2 bridgehead atoms. The van der Waals surface area contributed by atoms with E-state index in [9.17, 15) is 22.4 Å². The molecule has 3 saturated heterocycles. The van der Waals surface area contributed by atoms with E-state index in [0.717, 1.165) is 43.0 Å². The Labute approximate surface area is 165 Å². The van der Waals surface area contributed by atoms with Crippen molar-refractivity contribution >= 4 is 11.8 Å². The third-order valence-corrected chi connectivity index (χ3v) is 5.60. The van der Waals surface area contributed by atoms with Gasteiger partial charge in [0, 0.05) is 6.54 Å². The predicted octanol–water partition coefficient (Wildman–Crippen LogP) is 4.48. The molecule has 0 spiro atoms. The van der Waals surface area contributed by atoms with Gasteiger partial charge in [0.15, 0.2) is 17.5 Å². The molecule has 3 aliphatic heterocycles. The lowest BCUT2D eigenvalue weighted by molar-refractivity contribution is -0.0311. The van der Waals surface area contributed by atoms with E-state index in [1.807, 2.05) is 0 Å². The molecule has 2 aromatic rings. The van der Waals surface area contributed by atoms with Crippen molar-refractivity contribution in [3.8, 4) is 0 Å². The minimum absolute atomic E-state index is 0.0180. The maximum Gasteiger partial charge on any atom is 0.415 e. The van der Waals surface area contributed by atoms with Crippen LogP contribution in [0.3, 0.4) is 0 Å². The fraction of sp³-hybridized carbons (Fsp3) is 0.381. The van der Waals surface area contributed by atoms with Crippen molar-refractivity contribution in [3.63, 3.8) is 0 Å². The van der Waals surface area contributed by atoms with Crippen molar-refractivity contribution in [2.75, 3.05) is 24.5 Å². The number of benzene rings is 2. The zero-order valence-corrected chi connectivity index (χ0v) is 15.6. The van der Waals surface area contributed by atoms with Gasteiger partial charge in [-0.2, -0.15) is 0 Å². The van der Waals surface area contributed by atoms with Gasteiger partial charge in [-0.1, -0.05) is 12.1 Å². The Morgan fingerprint density at radius 3 is 2.28 bits per heavy atom. The third kappa shape index (κ3) is 4.07. The van der Waals surface area contributed by atoms with Crippen LogP contribution in [0, 0.1) is 29.2 Å². The van der Waals surface area contributed by atoms with Gasteiger partial charge in [-0.15, -0.1) is 0 Å². The highest BCUT2D eigenvalue weighted by Gasteiger charge is 2.37. The zero-order valence-electron chi connectivity index (χ0n) is 15.6. The normalized spacial score (nSPS) is 23.1. The van der Waals surface area contributed by atoms with E-state index in [2.05, 4.69) is 4.90 Å². The Morgan fingerprint density at radius 1 is 1.03 bits per heavy atom. The van der Waals surface area contributed by atoms with E-state index in [1.54, 1.807) is 6.07 Å². The largest absolute Gasteiger partial charge is 0.444 e. The number of piperidine rings is 3. The number of fused-ring (bicyclic) bond motifs is 3. The number of rotatable bonds is 4. The molecule has 4 nitrogen and oxygen atoms in total. The van der Waals surface area contributed by atoms with E-state index in [-0.39, 0.29) is 29.8 Å². The lowest BCUT2D eigenvalue weighted by atomic mass is 9.86. The number of amides is 1. The summed E-state index contributed by atoms with van der Waals surface area (Å²) in [5.74, 6) is -4.78. The monoisotopic (exact) mass is 408 g/mol. The second-order valence-corrected chi connectivity index (χ2v) is 7.47. The van der Waals surface area contributed by atoms with Gasteiger partial charge >= 0.3 is 6.09 Å². The highest BCUT2D eigenvalue weighted by molar-refractivity contribution is 5.87. The van der Waals surface area contributed by atoms with Crippen LogP contribution in [-0.4, -0.2) is 36.7 Å². The average Bonchev–Trinajstić information content (AvgIpc) is 2.71. The quantitative estimate of drug-likeness (QED) is 0.553. The lowest BCUT2D eigenvalue weighted by Crippen LogP contribution is -2.53. The number of hydrogen-bond acceptors (Lipinski definition) is 3. The van der Waals surface area contributed by atoms with Crippen LogP contribution >= 0.6 is 0 Å². The van der Waals surface area contributed by atoms with Crippen molar-refractivity contribution in [3.05, 3.63) is 65.2 Å². The molecule has 1 amide bonds.